The first-order chi connectivity index (χ1) is 8.79. The molecule has 1 aromatic heterocycles. The summed E-state index contributed by atoms with van der Waals surface area (Å²) in [6.45, 7) is 8.49. The number of ketones is 1. The van der Waals surface area contributed by atoms with Gasteiger partial charge >= 0.3 is 0 Å². The fourth-order valence-electron chi connectivity index (χ4n) is 1.81. The van der Waals surface area contributed by atoms with Crippen molar-refractivity contribution in [3.63, 3.8) is 0 Å². The molecular weight excluding hydrogens is 320 g/mol. The van der Waals surface area contributed by atoms with Gasteiger partial charge in [-0.05, 0) is 36.6 Å². The number of carbonyl (C=O) groups excluding carboxylic acids is 1. The Morgan fingerprint density at radius 1 is 1.16 bits per heavy atom. The number of benzene rings is 1. The molecule has 0 unspecified atom stereocenters. The van der Waals surface area contributed by atoms with Crippen LogP contribution in [0.4, 0.5) is 0 Å². The molecule has 100 valence electrons. The van der Waals surface area contributed by atoms with Crippen LogP contribution in [0.15, 0.2) is 34.8 Å². The molecule has 0 radical (unpaired) electrons. The first-order valence-corrected chi connectivity index (χ1v) is 7.81. The van der Waals surface area contributed by atoms with Crippen LogP contribution < -0.4 is 0 Å². The first kappa shape index (κ1) is 14.5. The molecule has 1 aromatic carbocycles. The van der Waals surface area contributed by atoms with Gasteiger partial charge < -0.3 is 0 Å². The van der Waals surface area contributed by atoms with Gasteiger partial charge in [-0.15, -0.1) is 11.3 Å². The van der Waals surface area contributed by atoms with Crippen molar-refractivity contribution in [1.29, 1.82) is 0 Å². The average molecular weight is 337 g/mol. The highest BCUT2D eigenvalue weighted by molar-refractivity contribution is 9.10. The Morgan fingerprint density at radius 2 is 1.84 bits per heavy atom. The van der Waals surface area contributed by atoms with E-state index in [1.165, 1.54) is 4.88 Å². The second-order valence-electron chi connectivity index (χ2n) is 5.73. The van der Waals surface area contributed by atoms with Gasteiger partial charge in [0.25, 0.3) is 0 Å². The van der Waals surface area contributed by atoms with Crippen molar-refractivity contribution in [1.82, 2.24) is 0 Å². The number of aryl methyl sites for hydroxylation is 1. The van der Waals surface area contributed by atoms with Crippen molar-refractivity contribution in [3.8, 4) is 0 Å². The van der Waals surface area contributed by atoms with Crippen LogP contribution in [0.25, 0.3) is 0 Å². The fraction of sp³-hybridized carbons (Fsp3) is 0.312. The Kier molecular flexibility index (Phi) is 3.98. The first-order valence-electron chi connectivity index (χ1n) is 6.20. The molecule has 0 N–H and O–H groups in total. The quantitative estimate of drug-likeness (QED) is 0.675. The van der Waals surface area contributed by atoms with E-state index in [1.807, 2.05) is 31.2 Å². The molecular formula is C16H17BrOS. The van der Waals surface area contributed by atoms with Crippen LogP contribution >= 0.6 is 27.3 Å². The van der Waals surface area contributed by atoms with Gasteiger partial charge in [-0.25, -0.2) is 0 Å². The summed E-state index contributed by atoms with van der Waals surface area (Å²) in [6.07, 6.45) is 0. The highest BCUT2D eigenvalue weighted by Gasteiger charge is 2.20. The zero-order valence-electron chi connectivity index (χ0n) is 11.6. The topological polar surface area (TPSA) is 17.1 Å². The van der Waals surface area contributed by atoms with Crippen molar-refractivity contribution in [2.75, 3.05) is 0 Å². The predicted octanol–water partition coefficient (Wildman–Crippen LogP) is 5.35. The maximum Gasteiger partial charge on any atom is 0.204 e. The summed E-state index contributed by atoms with van der Waals surface area (Å²) in [4.78, 5) is 14.6. The zero-order valence-corrected chi connectivity index (χ0v) is 14.0. The van der Waals surface area contributed by atoms with Crippen molar-refractivity contribution in [2.24, 2.45) is 0 Å². The lowest BCUT2D eigenvalue weighted by Crippen LogP contribution is -2.08. The standard InChI is InChI=1S/C16H17BrOS/c1-10-5-6-12(17)11(9-10)15(18)13-7-8-14(19-13)16(2,3)4/h5-9H,1-4H3. The van der Waals surface area contributed by atoms with E-state index in [9.17, 15) is 4.79 Å². The van der Waals surface area contributed by atoms with E-state index in [2.05, 4.69) is 42.8 Å². The third kappa shape index (κ3) is 3.15. The molecule has 0 saturated carbocycles. The molecule has 0 bridgehead atoms. The third-order valence-corrected chi connectivity index (χ3v) is 5.14. The molecule has 0 atom stereocenters. The van der Waals surface area contributed by atoms with Gasteiger partial charge in [0.1, 0.15) is 0 Å². The minimum atomic E-state index is 0.0903. The van der Waals surface area contributed by atoms with Crippen LogP contribution in [-0.4, -0.2) is 5.78 Å². The van der Waals surface area contributed by atoms with Crippen LogP contribution in [0.5, 0.6) is 0 Å². The SMILES string of the molecule is Cc1ccc(Br)c(C(=O)c2ccc(C(C)(C)C)s2)c1. The Bertz CT molecular complexity index is 620. The molecule has 1 heterocycles. The van der Waals surface area contributed by atoms with Crippen LogP contribution in [0.1, 0.15) is 46.4 Å². The molecule has 0 saturated heterocycles. The predicted molar refractivity (Wildman–Crippen MR) is 85.3 cm³/mol. The minimum Gasteiger partial charge on any atom is -0.288 e. The monoisotopic (exact) mass is 336 g/mol. The lowest BCUT2D eigenvalue weighted by atomic mass is 9.95. The lowest BCUT2D eigenvalue weighted by Gasteiger charge is -2.15. The Hall–Kier alpha value is -0.930. The number of thiophene rings is 1. The molecule has 2 rings (SSSR count). The number of hydrogen-bond acceptors (Lipinski definition) is 2. The summed E-state index contributed by atoms with van der Waals surface area (Å²) in [5.74, 6) is 0.0936. The number of halogens is 1. The van der Waals surface area contributed by atoms with Crippen molar-refractivity contribution in [2.45, 2.75) is 33.1 Å². The second kappa shape index (κ2) is 5.22. The van der Waals surface area contributed by atoms with E-state index < -0.39 is 0 Å². The van der Waals surface area contributed by atoms with Gasteiger partial charge in [0.2, 0.25) is 5.78 Å². The summed E-state index contributed by atoms with van der Waals surface area (Å²) in [6, 6.07) is 9.85. The molecule has 19 heavy (non-hydrogen) atoms. The Labute approximate surface area is 126 Å². The largest absolute Gasteiger partial charge is 0.288 e. The van der Waals surface area contributed by atoms with Crippen molar-refractivity contribution < 1.29 is 4.79 Å². The molecule has 0 aliphatic carbocycles. The summed E-state index contributed by atoms with van der Waals surface area (Å²) < 4.78 is 0.855. The minimum absolute atomic E-state index is 0.0903. The maximum atomic E-state index is 12.5. The summed E-state index contributed by atoms with van der Waals surface area (Å²) in [5.41, 5.74) is 1.92. The Morgan fingerprint density at radius 3 is 2.42 bits per heavy atom. The number of hydrogen-bond donors (Lipinski definition) is 0. The molecule has 3 heteroatoms. The fourth-order valence-corrected chi connectivity index (χ4v) is 3.25. The average Bonchev–Trinajstić information content (AvgIpc) is 2.80. The Balaban J connectivity index is 2.39. The molecule has 0 aliphatic heterocycles. The number of carbonyl (C=O) groups is 1. The second-order valence-corrected chi connectivity index (χ2v) is 7.66. The number of rotatable bonds is 2. The van der Waals surface area contributed by atoms with Crippen LogP contribution in [0.3, 0.4) is 0 Å². The third-order valence-electron chi connectivity index (χ3n) is 2.94. The molecule has 0 fully saturated rings. The van der Waals surface area contributed by atoms with Crippen LogP contribution in [0.2, 0.25) is 0 Å². The molecule has 1 nitrogen and oxygen atoms in total. The van der Waals surface area contributed by atoms with Crippen LogP contribution in [-0.2, 0) is 5.41 Å². The lowest BCUT2D eigenvalue weighted by molar-refractivity contribution is 0.104. The molecule has 2 aromatic rings. The van der Waals surface area contributed by atoms with E-state index in [4.69, 9.17) is 0 Å². The van der Waals surface area contributed by atoms with E-state index >= 15 is 0 Å². The molecule has 0 aliphatic rings. The normalized spacial score (nSPS) is 11.6. The van der Waals surface area contributed by atoms with Crippen molar-refractivity contribution >= 4 is 33.0 Å². The van der Waals surface area contributed by atoms with Gasteiger partial charge in [-0.3, -0.25) is 4.79 Å². The van der Waals surface area contributed by atoms with E-state index in [1.54, 1.807) is 11.3 Å². The smallest absolute Gasteiger partial charge is 0.204 e. The van der Waals surface area contributed by atoms with Crippen LogP contribution in [0, 0.1) is 6.92 Å². The summed E-state index contributed by atoms with van der Waals surface area (Å²) >= 11 is 5.05. The van der Waals surface area contributed by atoms with Gasteiger partial charge in [0.15, 0.2) is 0 Å². The molecule has 0 spiro atoms. The van der Waals surface area contributed by atoms with E-state index in [-0.39, 0.29) is 11.2 Å². The van der Waals surface area contributed by atoms with Crippen molar-refractivity contribution in [3.05, 3.63) is 55.7 Å². The highest BCUT2D eigenvalue weighted by atomic mass is 79.9. The van der Waals surface area contributed by atoms with Gasteiger partial charge in [0.05, 0.1) is 4.88 Å². The maximum absolute atomic E-state index is 12.5. The highest BCUT2D eigenvalue weighted by Crippen LogP contribution is 2.31. The summed E-state index contributed by atoms with van der Waals surface area (Å²) in [5, 5.41) is 0. The van der Waals surface area contributed by atoms with Gasteiger partial charge in [-0.2, -0.15) is 0 Å². The van der Waals surface area contributed by atoms with Gasteiger partial charge in [-0.1, -0.05) is 48.3 Å². The molecule has 0 amide bonds. The van der Waals surface area contributed by atoms with E-state index in [0.717, 1.165) is 20.5 Å². The summed E-state index contributed by atoms with van der Waals surface area (Å²) in [7, 11) is 0. The van der Waals surface area contributed by atoms with Gasteiger partial charge in [0, 0.05) is 14.9 Å². The zero-order chi connectivity index (χ0) is 14.2. The van der Waals surface area contributed by atoms with E-state index in [0.29, 0.717) is 0 Å².